The summed E-state index contributed by atoms with van der Waals surface area (Å²) in [5, 5.41) is 7.21. The molecule has 0 saturated carbocycles. The Hall–Kier alpha value is -0.810. The van der Waals surface area contributed by atoms with Gasteiger partial charge >= 0.3 is 0 Å². The van der Waals surface area contributed by atoms with E-state index in [4.69, 9.17) is 27.9 Å². The molecule has 0 saturated heterocycles. The molecule has 0 aliphatic heterocycles. The zero-order valence-corrected chi connectivity index (χ0v) is 12.8. The van der Waals surface area contributed by atoms with Gasteiger partial charge in [0, 0.05) is 28.7 Å². The van der Waals surface area contributed by atoms with Gasteiger partial charge < -0.3 is 10.1 Å². The van der Waals surface area contributed by atoms with Crippen LogP contribution in [0, 0.1) is 0 Å². The third-order valence-electron chi connectivity index (χ3n) is 2.47. The lowest BCUT2D eigenvalue weighted by Gasteiger charge is -2.13. The van der Waals surface area contributed by atoms with Gasteiger partial charge in [0.25, 0.3) is 0 Å². The minimum atomic E-state index is 0.415. The normalized spacial score (nSPS) is 10.7. The molecule has 6 heteroatoms. The third kappa shape index (κ3) is 4.08. The topological polar surface area (TPSA) is 34.1 Å². The summed E-state index contributed by atoms with van der Waals surface area (Å²) >= 11 is 13.8. The first-order chi connectivity index (χ1) is 9.20. The monoisotopic (exact) mass is 316 g/mol. The van der Waals surface area contributed by atoms with Gasteiger partial charge in [0.1, 0.15) is 17.4 Å². The highest BCUT2D eigenvalue weighted by Gasteiger charge is 2.11. The molecule has 0 spiro atoms. The van der Waals surface area contributed by atoms with Crippen LogP contribution < -0.4 is 10.1 Å². The Bertz CT molecular complexity index is 532. The second-order valence-electron chi connectivity index (χ2n) is 3.87. The van der Waals surface area contributed by atoms with E-state index in [1.54, 1.807) is 23.6 Å². The van der Waals surface area contributed by atoms with Crippen molar-refractivity contribution in [2.75, 3.05) is 6.54 Å². The van der Waals surface area contributed by atoms with Crippen molar-refractivity contribution in [3.05, 3.63) is 44.3 Å². The van der Waals surface area contributed by atoms with E-state index in [1.807, 2.05) is 18.4 Å². The van der Waals surface area contributed by atoms with Crippen LogP contribution >= 0.6 is 34.5 Å². The van der Waals surface area contributed by atoms with Crippen LogP contribution in [0.4, 0.5) is 0 Å². The van der Waals surface area contributed by atoms with Crippen LogP contribution in [-0.2, 0) is 13.2 Å². The second-order valence-corrected chi connectivity index (χ2v) is 5.69. The maximum absolute atomic E-state index is 6.20. The van der Waals surface area contributed by atoms with Crippen molar-refractivity contribution in [2.45, 2.75) is 20.1 Å². The van der Waals surface area contributed by atoms with E-state index in [1.165, 1.54) is 0 Å². The van der Waals surface area contributed by atoms with E-state index in [-0.39, 0.29) is 0 Å². The quantitative estimate of drug-likeness (QED) is 0.869. The fourth-order valence-corrected chi connectivity index (χ4v) is 2.74. The molecule has 0 amide bonds. The molecule has 1 heterocycles. The van der Waals surface area contributed by atoms with Gasteiger partial charge in [-0.25, -0.2) is 4.98 Å². The van der Waals surface area contributed by atoms with Gasteiger partial charge in [-0.05, 0) is 18.7 Å². The molecule has 0 aliphatic rings. The van der Waals surface area contributed by atoms with E-state index in [0.29, 0.717) is 28.9 Å². The number of ether oxygens (including phenoxy) is 1. The molecule has 19 heavy (non-hydrogen) atoms. The smallest absolute Gasteiger partial charge is 0.143 e. The number of nitrogens with one attached hydrogen (secondary N) is 1. The Morgan fingerprint density at radius 3 is 2.89 bits per heavy atom. The van der Waals surface area contributed by atoms with Gasteiger partial charge in [0.05, 0.1) is 5.02 Å². The summed E-state index contributed by atoms with van der Waals surface area (Å²) in [6, 6.07) is 3.56. The predicted octanol–water partition coefficient (Wildman–Crippen LogP) is 4.14. The molecular formula is C13H14Cl2N2OS. The van der Waals surface area contributed by atoms with Gasteiger partial charge in [-0.2, -0.15) is 0 Å². The summed E-state index contributed by atoms with van der Waals surface area (Å²) in [7, 11) is 0. The third-order valence-corrected chi connectivity index (χ3v) is 3.73. The lowest BCUT2D eigenvalue weighted by atomic mass is 10.2. The summed E-state index contributed by atoms with van der Waals surface area (Å²) in [6.07, 6.45) is 1.76. The van der Waals surface area contributed by atoms with Crippen molar-refractivity contribution in [3.8, 4) is 5.75 Å². The summed E-state index contributed by atoms with van der Waals surface area (Å²) < 4.78 is 5.78. The standard InChI is InChI=1S/C13H14Cl2N2OS/c1-2-16-7-9-5-10(14)6-11(15)13(9)18-8-12-17-3-4-19-12/h3-6,16H,2,7-8H2,1H3. The molecule has 3 nitrogen and oxygen atoms in total. The highest BCUT2D eigenvalue weighted by atomic mass is 35.5. The van der Waals surface area contributed by atoms with Crippen molar-refractivity contribution < 1.29 is 4.74 Å². The molecule has 2 aromatic rings. The zero-order valence-electron chi connectivity index (χ0n) is 10.5. The number of rotatable bonds is 6. The Labute approximate surface area is 126 Å². The number of thiazole rings is 1. The number of halogens is 2. The Kier molecular flexibility index (Phi) is 5.45. The summed E-state index contributed by atoms with van der Waals surface area (Å²) in [5.41, 5.74) is 0.955. The Morgan fingerprint density at radius 1 is 1.37 bits per heavy atom. The van der Waals surface area contributed by atoms with Crippen LogP contribution in [0.5, 0.6) is 5.75 Å². The highest BCUT2D eigenvalue weighted by Crippen LogP contribution is 2.33. The molecule has 2 rings (SSSR count). The fourth-order valence-electron chi connectivity index (χ4n) is 1.62. The second kappa shape index (κ2) is 7.10. The van der Waals surface area contributed by atoms with Crippen LogP contribution in [0.25, 0.3) is 0 Å². The summed E-state index contributed by atoms with van der Waals surface area (Å²) in [6.45, 7) is 4.00. The van der Waals surface area contributed by atoms with Crippen LogP contribution in [0.2, 0.25) is 10.0 Å². The number of benzene rings is 1. The van der Waals surface area contributed by atoms with E-state index in [9.17, 15) is 0 Å². The van der Waals surface area contributed by atoms with Crippen LogP contribution in [0.15, 0.2) is 23.7 Å². The highest BCUT2D eigenvalue weighted by molar-refractivity contribution is 7.09. The molecule has 0 unspecified atom stereocenters. The zero-order chi connectivity index (χ0) is 13.7. The largest absolute Gasteiger partial charge is 0.485 e. The van der Waals surface area contributed by atoms with Crippen molar-refractivity contribution in [1.82, 2.24) is 10.3 Å². The average Bonchev–Trinajstić information content (AvgIpc) is 2.88. The lowest BCUT2D eigenvalue weighted by Crippen LogP contribution is -2.13. The molecule has 1 N–H and O–H groups in total. The van der Waals surface area contributed by atoms with Crippen LogP contribution in [-0.4, -0.2) is 11.5 Å². The van der Waals surface area contributed by atoms with Crippen molar-refractivity contribution in [2.24, 2.45) is 0 Å². The molecule has 0 atom stereocenters. The minimum Gasteiger partial charge on any atom is -0.485 e. The average molecular weight is 317 g/mol. The first-order valence-electron chi connectivity index (χ1n) is 5.90. The molecule has 1 aromatic heterocycles. The summed E-state index contributed by atoms with van der Waals surface area (Å²) in [5.74, 6) is 0.669. The minimum absolute atomic E-state index is 0.415. The van der Waals surface area contributed by atoms with E-state index in [2.05, 4.69) is 10.3 Å². The van der Waals surface area contributed by atoms with E-state index in [0.717, 1.165) is 17.1 Å². The molecule has 0 radical (unpaired) electrons. The van der Waals surface area contributed by atoms with Crippen molar-refractivity contribution in [1.29, 1.82) is 0 Å². The molecule has 0 fully saturated rings. The maximum atomic E-state index is 6.20. The molecule has 0 aliphatic carbocycles. The molecule has 102 valence electrons. The molecular weight excluding hydrogens is 303 g/mol. The summed E-state index contributed by atoms with van der Waals surface area (Å²) in [4.78, 5) is 4.18. The van der Waals surface area contributed by atoms with Crippen molar-refractivity contribution >= 4 is 34.5 Å². The predicted molar refractivity (Wildman–Crippen MR) is 80.3 cm³/mol. The van der Waals surface area contributed by atoms with Gasteiger partial charge in [-0.3, -0.25) is 0 Å². The van der Waals surface area contributed by atoms with Gasteiger partial charge in [-0.15, -0.1) is 11.3 Å². The number of aromatic nitrogens is 1. The van der Waals surface area contributed by atoms with Gasteiger partial charge in [-0.1, -0.05) is 30.1 Å². The number of hydrogen-bond acceptors (Lipinski definition) is 4. The van der Waals surface area contributed by atoms with Crippen LogP contribution in [0.3, 0.4) is 0 Å². The number of hydrogen-bond donors (Lipinski definition) is 1. The Balaban J connectivity index is 2.16. The van der Waals surface area contributed by atoms with Gasteiger partial charge in [0.15, 0.2) is 0 Å². The molecule has 0 bridgehead atoms. The van der Waals surface area contributed by atoms with Crippen LogP contribution in [0.1, 0.15) is 17.5 Å². The number of nitrogens with zero attached hydrogens (tertiary/aromatic N) is 1. The first kappa shape index (κ1) is 14.6. The van der Waals surface area contributed by atoms with Crippen molar-refractivity contribution in [3.63, 3.8) is 0 Å². The maximum Gasteiger partial charge on any atom is 0.143 e. The van der Waals surface area contributed by atoms with E-state index < -0.39 is 0 Å². The lowest BCUT2D eigenvalue weighted by molar-refractivity contribution is 0.302. The van der Waals surface area contributed by atoms with Gasteiger partial charge in [0.2, 0.25) is 0 Å². The molecule has 1 aromatic carbocycles. The first-order valence-corrected chi connectivity index (χ1v) is 7.54. The van der Waals surface area contributed by atoms with E-state index >= 15 is 0 Å². The SMILES string of the molecule is CCNCc1cc(Cl)cc(Cl)c1OCc1nccs1. The Morgan fingerprint density at radius 2 is 2.21 bits per heavy atom. The fraction of sp³-hybridized carbons (Fsp3) is 0.308.